The zero-order chi connectivity index (χ0) is 12.5. The van der Waals surface area contributed by atoms with Gasteiger partial charge in [0, 0.05) is 42.7 Å². The molecule has 3 N–H and O–H groups in total. The lowest BCUT2D eigenvalue weighted by atomic mass is 10.1. The Hall–Kier alpha value is -1.81. The molecule has 1 fully saturated rings. The van der Waals surface area contributed by atoms with Gasteiger partial charge in [-0.3, -0.25) is 4.79 Å². The third kappa shape index (κ3) is 1.99. The van der Waals surface area contributed by atoms with E-state index < -0.39 is 0 Å². The molecule has 1 aromatic carbocycles. The van der Waals surface area contributed by atoms with Crippen molar-refractivity contribution in [1.29, 1.82) is 0 Å². The van der Waals surface area contributed by atoms with Gasteiger partial charge in [0.2, 0.25) is 5.91 Å². The number of rotatable bonds is 3. The van der Waals surface area contributed by atoms with E-state index in [1.165, 1.54) is 10.9 Å². The van der Waals surface area contributed by atoms with Gasteiger partial charge in [-0.15, -0.1) is 0 Å². The van der Waals surface area contributed by atoms with E-state index in [0.29, 0.717) is 19.5 Å². The van der Waals surface area contributed by atoms with Gasteiger partial charge in [-0.05, 0) is 18.1 Å². The van der Waals surface area contributed by atoms with Crippen LogP contribution in [0.4, 0.5) is 0 Å². The van der Waals surface area contributed by atoms with Crippen LogP contribution in [0.1, 0.15) is 12.0 Å². The van der Waals surface area contributed by atoms with Gasteiger partial charge in [-0.25, -0.2) is 0 Å². The molecule has 0 saturated carbocycles. The Kier molecular flexibility index (Phi) is 2.80. The molecule has 0 atom stereocenters. The summed E-state index contributed by atoms with van der Waals surface area (Å²) >= 11 is 0. The first-order chi connectivity index (χ1) is 8.74. The van der Waals surface area contributed by atoms with Crippen LogP contribution in [-0.4, -0.2) is 34.9 Å². The van der Waals surface area contributed by atoms with Crippen LogP contribution >= 0.6 is 0 Å². The number of likely N-dealkylation sites (tertiary alicyclic amines) is 1. The fourth-order valence-electron chi connectivity index (χ4n) is 2.45. The Morgan fingerprint density at radius 2 is 2.17 bits per heavy atom. The van der Waals surface area contributed by atoms with Crippen LogP contribution in [0.5, 0.6) is 0 Å². The lowest BCUT2D eigenvalue weighted by Gasteiger charge is -2.36. The number of aromatic nitrogens is 1. The molecular formula is C14H17N3O. The van der Waals surface area contributed by atoms with Crippen LogP contribution in [0.3, 0.4) is 0 Å². The molecule has 1 saturated heterocycles. The fraction of sp³-hybridized carbons (Fsp3) is 0.357. The average Bonchev–Trinajstić information content (AvgIpc) is 2.75. The number of aryl methyl sites for hydroxylation is 1. The molecule has 0 bridgehead atoms. The van der Waals surface area contributed by atoms with Gasteiger partial charge in [-0.2, -0.15) is 0 Å². The zero-order valence-corrected chi connectivity index (χ0v) is 10.2. The van der Waals surface area contributed by atoms with Crippen LogP contribution in [0.15, 0.2) is 30.5 Å². The van der Waals surface area contributed by atoms with Crippen LogP contribution in [-0.2, 0) is 11.2 Å². The first-order valence-corrected chi connectivity index (χ1v) is 6.32. The highest BCUT2D eigenvalue weighted by Gasteiger charge is 2.26. The number of nitrogens with one attached hydrogen (secondary N) is 1. The number of H-pyrrole nitrogens is 1. The molecule has 0 spiro atoms. The minimum absolute atomic E-state index is 0.182. The minimum atomic E-state index is 0.182. The number of carbonyl (C=O) groups is 1. The summed E-state index contributed by atoms with van der Waals surface area (Å²) < 4.78 is 0. The molecular weight excluding hydrogens is 226 g/mol. The lowest BCUT2D eigenvalue weighted by molar-refractivity contribution is -0.135. The summed E-state index contributed by atoms with van der Waals surface area (Å²) in [4.78, 5) is 16.9. The van der Waals surface area contributed by atoms with E-state index in [2.05, 4.69) is 17.1 Å². The Morgan fingerprint density at radius 3 is 2.94 bits per heavy atom. The second-order valence-corrected chi connectivity index (χ2v) is 4.92. The van der Waals surface area contributed by atoms with E-state index in [1.807, 2.05) is 23.2 Å². The van der Waals surface area contributed by atoms with Crippen LogP contribution in [0.25, 0.3) is 10.9 Å². The Balaban J connectivity index is 1.64. The first kappa shape index (κ1) is 11.3. The minimum Gasteiger partial charge on any atom is -0.361 e. The van der Waals surface area contributed by atoms with Crippen LogP contribution in [0, 0.1) is 0 Å². The standard InChI is InChI=1S/C14H17N3O/c15-11-8-17(9-11)14(18)6-5-10-7-16-13-4-2-1-3-12(10)13/h1-4,7,11,16H,5-6,8-9,15H2. The second-order valence-electron chi connectivity index (χ2n) is 4.92. The fourth-order valence-corrected chi connectivity index (χ4v) is 2.45. The molecule has 0 unspecified atom stereocenters. The molecule has 1 aliphatic heterocycles. The Bertz CT molecular complexity index is 569. The molecule has 4 heteroatoms. The largest absolute Gasteiger partial charge is 0.361 e. The van der Waals surface area contributed by atoms with Crippen molar-refractivity contribution in [2.75, 3.05) is 13.1 Å². The smallest absolute Gasteiger partial charge is 0.223 e. The van der Waals surface area contributed by atoms with Gasteiger partial charge in [0.1, 0.15) is 0 Å². The summed E-state index contributed by atoms with van der Waals surface area (Å²) in [5, 5.41) is 1.21. The van der Waals surface area contributed by atoms with Gasteiger partial charge in [-0.1, -0.05) is 18.2 Å². The molecule has 18 heavy (non-hydrogen) atoms. The highest BCUT2D eigenvalue weighted by atomic mass is 16.2. The van der Waals surface area contributed by atoms with Gasteiger partial charge < -0.3 is 15.6 Å². The maximum Gasteiger partial charge on any atom is 0.223 e. The Labute approximate surface area is 106 Å². The van der Waals surface area contributed by atoms with Gasteiger partial charge in [0.25, 0.3) is 0 Å². The lowest BCUT2D eigenvalue weighted by Crippen LogP contribution is -2.57. The molecule has 2 heterocycles. The maximum absolute atomic E-state index is 11.9. The predicted molar refractivity (Wildman–Crippen MR) is 71.2 cm³/mol. The van der Waals surface area contributed by atoms with E-state index >= 15 is 0 Å². The zero-order valence-electron chi connectivity index (χ0n) is 10.2. The summed E-state index contributed by atoms with van der Waals surface area (Å²) in [6.45, 7) is 1.43. The van der Waals surface area contributed by atoms with Crippen molar-refractivity contribution in [3.05, 3.63) is 36.0 Å². The van der Waals surface area contributed by atoms with Crippen molar-refractivity contribution < 1.29 is 4.79 Å². The number of nitrogens with zero attached hydrogens (tertiary/aromatic N) is 1. The molecule has 94 valence electrons. The molecule has 1 aliphatic rings. The molecule has 2 aromatic rings. The van der Waals surface area contributed by atoms with E-state index in [0.717, 1.165) is 11.9 Å². The summed E-state index contributed by atoms with van der Waals surface area (Å²) in [6.07, 6.45) is 3.35. The van der Waals surface area contributed by atoms with E-state index in [4.69, 9.17) is 5.73 Å². The number of benzene rings is 1. The van der Waals surface area contributed by atoms with Gasteiger partial charge >= 0.3 is 0 Å². The number of amides is 1. The van der Waals surface area contributed by atoms with Crippen molar-refractivity contribution >= 4 is 16.8 Å². The SMILES string of the molecule is NC1CN(C(=O)CCc2c[nH]c3ccccc23)C1. The number of nitrogens with two attached hydrogens (primary N) is 1. The van der Waals surface area contributed by atoms with E-state index in [1.54, 1.807) is 0 Å². The van der Waals surface area contributed by atoms with Gasteiger partial charge in [0.05, 0.1) is 0 Å². The van der Waals surface area contributed by atoms with Crippen molar-refractivity contribution in [3.8, 4) is 0 Å². The third-order valence-corrected chi connectivity index (χ3v) is 3.55. The normalized spacial score (nSPS) is 15.9. The molecule has 3 rings (SSSR count). The third-order valence-electron chi connectivity index (χ3n) is 3.55. The molecule has 0 aliphatic carbocycles. The van der Waals surface area contributed by atoms with Crippen molar-refractivity contribution in [1.82, 2.24) is 9.88 Å². The van der Waals surface area contributed by atoms with Crippen molar-refractivity contribution in [3.63, 3.8) is 0 Å². The number of hydrogen-bond acceptors (Lipinski definition) is 2. The number of fused-ring (bicyclic) bond motifs is 1. The summed E-state index contributed by atoms with van der Waals surface area (Å²) in [6, 6.07) is 8.35. The maximum atomic E-state index is 11.9. The average molecular weight is 243 g/mol. The first-order valence-electron chi connectivity index (χ1n) is 6.32. The van der Waals surface area contributed by atoms with Crippen molar-refractivity contribution in [2.24, 2.45) is 5.73 Å². The number of aromatic amines is 1. The summed E-state index contributed by atoms with van der Waals surface area (Å²) in [7, 11) is 0. The number of para-hydroxylation sites is 1. The Morgan fingerprint density at radius 1 is 1.39 bits per heavy atom. The molecule has 0 radical (unpaired) electrons. The van der Waals surface area contributed by atoms with E-state index in [9.17, 15) is 4.79 Å². The number of carbonyl (C=O) groups excluding carboxylic acids is 1. The monoisotopic (exact) mass is 243 g/mol. The highest BCUT2D eigenvalue weighted by Crippen LogP contribution is 2.19. The quantitative estimate of drug-likeness (QED) is 0.852. The van der Waals surface area contributed by atoms with E-state index in [-0.39, 0.29) is 11.9 Å². The predicted octanol–water partition coefficient (Wildman–Crippen LogP) is 1.27. The summed E-state index contributed by atoms with van der Waals surface area (Å²) in [5.74, 6) is 0.210. The van der Waals surface area contributed by atoms with Gasteiger partial charge in [0.15, 0.2) is 0 Å². The topological polar surface area (TPSA) is 62.1 Å². The highest BCUT2D eigenvalue weighted by molar-refractivity contribution is 5.84. The summed E-state index contributed by atoms with van der Waals surface area (Å²) in [5.41, 5.74) is 8.02. The molecule has 1 amide bonds. The van der Waals surface area contributed by atoms with Crippen LogP contribution in [0.2, 0.25) is 0 Å². The second kappa shape index (κ2) is 4.46. The molecule has 4 nitrogen and oxygen atoms in total. The van der Waals surface area contributed by atoms with Crippen molar-refractivity contribution in [2.45, 2.75) is 18.9 Å². The van der Waals surface area contributed by atoms with Crippen LogP contribution < -0.4 is 5.73 Å². The number of hydrogen-bond donors (Lipinski definition) is 2. The molecule has 1 aromatic heterocycles.